The number of aliphatic hydroxyl groups is 1. The maximum atomic E-state index is 10.2. The van der Waals surface area contributed by atoms with E-state index in [0.29, 0.717) is 17.3 Å². The molecule has 0 aliphatic heterocycles. The molecule has 0 aliphatic rings. The van der Waals surface area contributed by atoms with Crippen LogP contribution < -0.4 is 4.74 Å². The lowest BCUT2D eigenvalue weighted by Gasteiger charge is -2.12. The molecule has 0 saturated heterocycles. The van der Waals surface area contributed by atoms with E-state index in [1.54, 1.807) is 12.1 Å². The number of nitrogens with zero attached hydrogens (tertiary/aromatic N) is 1. The van der Waals surface area contributed by atoms with Gasteiger partial charge in [-0.1, -0.05) is 23.7 Å². The Bertz CT molecular complexity index is 513. The van der Waals surface area contributed by atoms with E-state index in [1.807, 2.05) is 31.2 Å². The Hall–Kier alpha value is -1.58. The Morgan fingerprint density at radius 2 is 2.17 bits per heavy atom. The highest BCUT2D eigenvalue weighted by atomic mass is 35.5. The molecule has 0 amide bonds. The van der Waals surface area contributed by atoms with E-state index < -0.39 is 6.10 Å². The van der Waals surface area contributed by atoms with Gasteiger partial charge in [-0.15, -0.1) is 0 Å². The fourth-order valence-corrected chi connectivity index (χ4v) is 1.77. The smallest absolute Gasteiger partial charge is 0.121 e. The third-order valence-corrected chi connectivity index (χ3v) is 2.74. The van der Waals surface area contributed by atoms with Crippen LogP contribution in [0.25, 0.3) is 0 Å². The first-order valence-corrected chi connectivity index (χ1v) is 6.10. The first-order chi connectivity index (χ1) is 8.70. The van der Waals surface area contributed by atoms with Crippen molar-refractivity contribution in [2.45, 2.75) is 13.0 Å². The number of aromatic nitrogens is 1. The van der Waals surface area contributed by atoms with E-state index in [9.17, 15) is 5.11 Å². The summed E-state index contributed by atoms with van der Waals surface area (Å²) >= 11 is 5.76. The van der Waals surface area contributed by atoms with Crippen LogP contribution in [0.2, 0.25) is 5.02 Å². The molecule has 1 atom stereocenters. The molecule has 0 aliphatic carbocycles. The fraction of sp³-hybridized carbons (Fsp3) is 0.214. The molecule has 0 fully saturated rings. The van der Waals surface area contributed by atoms with Gasteiger partial charge in [0.05, 0.1) is 17.3 Å². The number of benzene rings is 1. The first-order valence-electron chi connectivity index (χ1n) is 5.73. The number of pyridine rings is 1. The zero-order chi connectivity index (χ0) is 13.0. The van der Waals surface area contributed by atoms with E-state index in [2.05, 4.69) is 4.98 Å². The van der Waals surface area contributed by atoms with E-state index in [4.69, 9.17) is 16.3 Å². The summed E-state index contributed by atoms with van der Waals surface area (Å²) in [6, 6.07) is 10.8. The molecule has 2 aromatic rings. The van der Waals surface area contributed by atoms with Gasteiger partial charge < -0.3 is 9.84 Å². The molecule has 18 heavy (non-hydrogen) atoms. The molecule has 1 aromatic heterocycles. The predicted molar refractivity (Wildman–Crippen MR) is 70.9 cm³/mol. The van der Waals surface area contributed by atoms with Gasteiger partial charge in [-0.05, 0) is 36.8 Å². The maximum absolute atomic E-state index is 10.2. The van der Waals surface area contributed by atoms with Crippen molar-refractivity contribution in [1.82, 2.24) is 4.98 Å². The number of aliphatic hydroxyl groups excluding tert-OH is 1. The highest BCUT2D eigenvalue weighted by Gasteiger charge is 2.12. The van der Waals surface area contributed by atoms with Crippen molar-refractivity contribution in [3.63, 3.8) is 0 Å². The predicted octanol–water partition coefficient (Wildman–Crippen LogP) is 3.22. The van der Waals surface area contributed by atoms with Crippen molar-refractivity contribution < 1.29 is 9.84 Å². The minimum atomic E-state index is -0.775. The largest absolute Gasteiger partial charge is 0.494 e. The third-order valence-electron chi connectivity index (χ3n) is 2.52. The molecule has 0 saturated carbocycles. The number of hydrogen-bond donors (Lipinski definition) is 1. The SMILES string of the molecule is CCOc1cccc(C(O)c2ccc(Cl)cn2)c1. The summed E-state index contributed by atoms with van der Waals surface area (Å²) in [7, 11) is 0. The summed E-state index contributed by atoms with van der Waals surface area (Å²) < 4.78 is 5.40. The van der Waals surface area contributed by atoms with Crippen LogP contribution in [0.1, 0.15) is 24.3 Å². The quantitative estimate of drug-likeness (QED) is 0.921. The van der Waals surface area contributed by atoms with E-state index in [1.165, 1.54) is 6.20 Å². The molecule has 3 nitrogen and oxygen atoms in total. The van der Waals surface area contributed by atoms with Gasteiger partial charge in [0.2, 0.25) is 0 Å². The molecule has 4 heteroatoms. The lowest BCUT2D eigenvalue weighted by atomic mass is 10.1. The van der Waals surface area contributed by atoms with Crippen molar-refractivity contribution in [2.75, 3.05) is 6.61 Å². The van der Waals surface area contributed by atoms with Crippen LogP contribution in [-0.2, 0) is 0 Å². The average Bonchev–Trinajstić information content (AvgIpc) is 2.39. The van der Waals surface area contributed by atoms with Gasteiger partial charge in [-0.3, -0.25) is 4.98 Å². The lowest BCUT2D eigenvalue weighted by Crippen LogP contribution is -2.02. The number of hydrogen-bond acceptors (Lipinski definition) is 3. The molecule has 0 radical (unpaired) electrons. The highest BCUT2D eigenvalue weighted by molar-refractivity contribution is 6.30. The summed E-state index contributed by atoms with van der Waals surface area (Å²) in [5, 5.41) is 10.8. The average molecular weight is 264 g/mol. The monoisotopic (exact) mass is 263 g/mol. The van der Waals surface area contributed by atoms with Crippen molar-refractivity contribution in [3.8, 4) is 5.75 Å². The molecule has 1 unspecified atom stereocenters. The summed E-state index contributed by atoms with van der Waals surface area (Å²) in [6.45, 7) is 2.52. The molecule has 0 bridgehead atoms. The standard InChI is InChI=1S/C14H14ClNO2/c1-2-18-12-5-3-4-10(8-12)14(17)13-7-6-11(15)9-16-13/h3-9,14,17H,2H2,1H3. The summed E-state index contributed by atoms with van der Waals surface area (Å²) in [5.74, 6) is 0.739. The fourth-order valence-electron chi connectivity index (χ4n) is 1.66. The van der Waals surface area contributed by atoms with Gasteiger partial charge in [-0.2, -0.15) is 0 Å². The third kappa shape index (κ3) is 3.00. The Morgan fingerprint density at radius 1 is 1.33 bits per heavy atom. The van der Waals surface area contributed by atoms with Crippen LogP contribution >= 0.6 is 11.6 Å². The van der Waals surface area contributed by atoms with Gasteiger partial charge in [0.25, 0.3) is 0 Å². The molecule has 1 heterocycles. The second-order valence-electron chi connectivity index (χ2n) is 3.81. The summed E-state index contributed by atoms with van der Waals surface area (Å²) in [6.07, 6.45) is 0.745. The van der Waals surface area contributed by atoms with E-state index in [-0.39, 0.29) is 0 Å². The normalized spacial score (nSPS) is 12.2. The Balaban J connectivity index is 2.24. The molecule has 1 aromatic carbocycles. The van der Waals surface area contributed by atoms with E-state index >= 15 is 0 Å². The maximum Gasteiger partial charge on any atom is 0.121 e. The Kier molecular flexibility index (Phi) is 4.18. The number of ether oxygens (including phenoxy) is 1. The van der Waals surface area contributed by atoms with Gasteiger partial charge in [0, 0.05) is 6.20 Å². The van der Waals surface area contributed by atoms with Crippen molar-refractivity contribution in [3.05, 3.63) is 58.9 Å². The first kappa shape index (κ1) is 12.9. The lowest BCUT2D eigenvalue weighted by molar-refractivity contribution is 0.214. The van der Waals surface area contributed by atoms with Crippen LogP contribution in [-0.4, -0.2) is 16.7 Å². The van der Waals surface area contributed by atoms with Crippen LogP contribution in [0, 0.1) is 0 Å². The van der Waals surface area contributed by atoms with E-state index in [0.717, 1.165) is 11.3 Å². The molecular formula is C14H14ClNO2. The topological polar surface area (TPSA) is 42.4 Å². The van der Waals surface area contributed by atoms with Crippen molar-refractivity contribution in [1.29, 1.82) is 0 Å². The van der Waals surface area contributed by atoms with Gasteiger partial charge in [0.1, 0.15) is 11.9 Å². The number of rotatable bonds is 4. The minimum absolute atomic E-state index is 0.550. The van der Waals surface area contributed by atoms with Gasteiger partial charge in [-0.25, -0.2) is 0 Å². The van der Waals surface area contributed by atoms with Crippen LogP contribution in [0.4, 0.5) is 0 Å². The van der Waals surface area contributed by atoms with Gasteiger partial charge in [0.15, 0.2) is 0 Å². The van der Waals surface area contributed by atoms with Crippen molar-refractivity contribution >= 4 is 11.6 Å². The summed E-state index contributed by atoms with van der Waals surface area (Å²) in [5.41, 5.74) is 1.31. The molecule has 94 valence electrons. The molecule has 1 N–H and O–H groups in total. The second-order valence-corrected chi connectivity index (χ2v) is 4.25. The Labute approximate surface area is 111 Å². The Morgan fingerprint density at radius 3 is 2.83 bits per heavy atom. The zero-order valence-corrected chi connectivity index (χ0v) is 10.8. The number of halogens is 1. The minimum Gasteiger partial charge on any atom is -0.494 e. The van der Waals surface area contributed by atoms with Crippen LogP contribution in [0.5, 0.6) is 5.75 Å². The van der Waals surface area contributed by atoms with Crippen molar-refractivity contribution in [2.24, 2.45) is 0 Å². The zero-order valence-electron chi connectivity index (χ0n) is 10.0. The second kappa shape index (κ2) is 5.85. The molecule has 0 spiro atoms. The molecule has 2 rings (SSSR count). The summed E-state index contributed by atoms with van der Waals surface area (Å²) in [4.78, 5) is 4.11. The van der Waals surface area contributed by atoms with Gasteiger partial charge >= 0.3 is 0 Å². The van der Waals surface area contributed by atoms with Crippen LogP contribution in [0.15, 0.2) is 42.6 Å². The van der Waals surface area contributed by atoms with Crippen LogP contribution in [0.3, 0.4) is 0 Å². The highest BCUT2D eigenvalue weighted by Crippen LogP contribution is 2.24. The molecular weight excluding hydrogens is 250 g/mol.